The predicted octanol–water partition coefficient (Wildman–Crippen LogP) is 5.03. The Kier molecular flexibility index (Phi) is 10.5. The maximum absolute atomic E-state index is 13.1. The lowest BCUT2D eigenvalue weighted by Crippen LogP contribution is -2.30. The quantitative estimate of drug-likeness (QED) is 0.328. The first-order valence-electron chi connectivity index (χ1n) is 13.3. The van der Waals surface area contributed by atoms with Gasteiger partial charge in [0.1, 0.15) is 33.5 Å². The van der Waals surface area contributed by atoms with E-state index >= 15 is 0 Å². The van der Waals surface area contributed by atoms with Crippen LogP contribution in [0.3, 0.4) is 0 Å². The molecule has 0 spiro atoms. The van der Waals surface area contributed by atoms with Gasteiger partial charge in [0.15, 0.2) is 0 Å². The fourth-order valence-corrected chi connectivity index (χ4v) is 6.45. The van der Waals surface area contributed by atoms with Gasteiger partial charge in [-0.1, -0.05) is 6.07 Å². The minimum atomic E-state index is -0.666. The third-order valence-corrected chi connectivity index (χ3v) is 9.07. The van der Waals surface area contributed by atoms with Gasteiger partial charge in [-0.15, -0.1) is 22.7 Å². The Labute approximate surface area is 252 Å². The van der Waals surface area contributed by atoms with E-state index in [0.29, 0.717) is 47.1 Å². The molecule has 3 aromatic rings. The molecule has 4 amide bonds. The highest BCUT2D eigenvalue weighted by molar-refractivity contribution is 7.19. The van der Waals surface area contributed by atoms with Gasteiger partial charge in [-0.05, 0) is 64.8 Å². The zero-order chi connectivity index (χ0) is 31.1. The minimum Gasteiger partial charge on any atom is -0.338 e. The molecule has 3 aromatic heterocycles. The summed E-state index contributed by atoms with van der Waals surface area (Å²) in [5.74, 6) is -1.78. The fourth-order valence-electron chi connectivity index (χ4n) is 4.21. The summed E-state index contributed by atoms with van der Waals surface area (Å²) >= 11 is 2.03. The van der Waals surface area contributed by atoms with E-state index in [0.717, 1.165) is 22.7 Å². The molecule has 2 N–H and O–H groups in total. The van der Waals surface area contributed by atoms with Crippen LogP contribution in [0.15, 0.2) is 18.2 Å². The number of anilines is 2. The molecule has 0 bridgehead atoms. The molecule has 0 unspecified atom stereocenters. The second-order valence-corrected chi connectivity index (χ2v) is 11.1. The lowest BCUT2D eigenvalue weighted by molar-refractivity contribution is 0.0769. The molecule has 0 atom stereocenters. The van der Waals surface area contributed by atoms with Gasteiger partial charge in [0.25, 0.3) is 23.6 Å². The molecule has 218 valence electrons. The van der Waals surface area contributed by atoms with Crippen molar-refractivity contribution in [3.63, 3.8) is 0 Å². The lowest BCUT2D eigenvalue weighted by atomic mass is 10.1. The van der Waals surface area contributed by atoms with Gasteiger partial charge in [-0.25, -0.2) is 4.98 Å². The van der Waals surface area contributed by atoms with Crippen molar-refractivity contribution in [1.82, 2.24) is 14.8 Å². The molecule has 0 saturated heterocycles. The number of nitrogens with one attached hydrogen (secondary N) is 2. The van der Waals surface area contributed by atoms with Gasteiger partial charge in [-0.2, -0.15) is 10.5 Å². The Balaban J connectivity index is 1.86. The highest BCUT2D eigenvalue weighted by atomic mass is 32.1. The van der Waals surface area contributed by atoms with Crippen LogP contribution in [0.25, 0.3) is 0 Å². The number of nitriles is 2. The Hall–Kier alpha value is -4.59. The summed E-state index contributed by atoms with van der Waals surface area (Å²) in [5.41, 5.74) is 1.15. The molecule has 3 rings (SSSR count). The molecular weight excluding hydrogens is 574 g/mol. The van der Waals surface area contributed by atoms with Crippen LogP contribution in [0, 0.1) is 36.5 Å². The van der Waals surface area contributed by atoms with E-state index in [9.17, 15) is 29.7 Å². The monoisotopic (exact) mass is 605 g/mol. The fraction of sp³-hybridized carbons (Fsp3) is 0.345. The molecule has 0 aliphatic heterocycles. The van der Waals surface area contributed by atoms with Crippen molar-refractivity contribution in [2.75, 3.05) is 36.8 Å². The van der Waals surface area contributed by atoms with Gasteiger partial charge in [0.05, 0.1) is 20.9 Å². The number of carbonyl (C=O) groups is 4. The summed E-state index contributed by atoms with van der Waals surface area (Å²) in [7, 11) is 0. The van der Waals surface area contributed by atoms with Crippen LogP contribution in [-0.2, 0) is 0 Å². The van der Waals surface area contributed by atoms with Gasteiger partial charge >= 0.3 is 0 Å². The molecule has 0 saturated carbocycles. The van der Waals surface area contributed by atoms with Crippen LogP contribution < -0.4 is 10.6 Å². The Morgan fingerprint density at radius 1 is 0.738 bits per heavy atom. The molecule has 0 aliphatic carbocycles. The number of thiophene rings is 2. The van der Waals surface area contributed by atoms with Crippen molar-refractivity contribution < 1.29 is 19.2 Å². The average molecular weight is 606 g/mol. The van der Waals surface area contributed by atoms with Gasteiger partial charge in [0.2, 0.25) is 0 Å². The van der Waals surface area contributed by atoms with E-state index in [1.54, 1.807) is 23.6 Å². The van der Waals surface area contributed by atoms with Crippen LogP contribution in [0.5, 0.6) is 0 Å². The standard InChI is InChI=1S/C29H31N7O4S2/c1-7-35(8-2)28(39)22-16(5)18(14-30)26(41-22)33-24(37)20-12-11-13-21(32-20)25(38)34-27-19(15-31)17(6)23(42-27)29(40)36(9-3)10-4/h11-13H,7-10H2,1-6H3,(H,33,37)(H,34,38). The number of pyridine rings is 1. The Morgan fingerprint density at radius 3 is 1.40 bits per heavy atom. The number of nitrogens with zero attached hydrogens (tertiary/aromatic N) is 5. The first-order chi connectivity index (χ1) is 20.1. The highest BCUT2D eigenvalue weighted by Gasteiger charge is 2.26. The smallest absolute Gasteiger partial charge is 0.274 e. The molecule has 0 radical (unpaired) electrons. The van der Waals surface area contributed by atoms with Gasteiger partial charge in [0, 0.05) is 26.2 Å². The summed E-state index contributed by atoms with van der Waals surface area (Å²) in [6.07, 6.45) is 0. The number of carbonyl (C=O) groups excluding carboxylic acids is 4. The zero-order valence-electron chi connectivity index (χ0n) is 24.2. The van der Waals surface area contributed by atoms with Gasteiger partial charge < -0.3 is 20.4 Å². The van der Waals surface area contributed by atoms with Crippen molar-refractivity contribution in [2.24, 2.45) is 0 Å². The Bertz CT molecular complexity index is 1500. The summed E-state index contributed by atoms with van der Waals surface area (Å²) in [6, 6.07) is 8.42. The van der Waals surface area contributed by atoms with Crippen LogP contribution in [-0.4, -0.2) is 64.6 Å². The van der Waals surface area contributed by atoms with Crippen molar-refractivity contribution in [3.8, 4) is 12.1 Å². The van der Waals surface area contributed by atoms with Crippen LogP contribution in [0.2, 0.25) is 0 Å². The molecule has 11 nitrogen and oxygen atoms in total. The molecule has 0 aliphatic rings. The Morgan fingerprint density at radius 2 is 1.10 bits per heavy atom. The van der Waals surface area contributed by atoms with E-state index < -0.39 is 11.8 Å². The lowest BCUT2D eigenvalue weighted by Gasteiger charge is -2.17. The van der Waals surface area contributed by atoms with Crippen molar-refractivity contribution >= 4 is 56.3 Å². The minimum absolute atomic E-state index is 0.0884. The normalized spacial score (nSPS) is 10.4. The average Bonchev–Trinajstić information content (AvgIpc) is 3.48. The number of hydrogen-bond acceptors (Lipinski definition) is 9. The number of rotatable bonds is 10. The topological polar surface area (TPSA) is 159 Å². The van der Waals surface area contributed by atoms with E-state index in [1.165, 1.54) is 18.2 Å². The maximum Gasteiger partial charge on any atom is 0.274 e. The molecule has 0 fully saturated rings. The highest BCUT2D eigenvalue weighted by Crippen LogP contribution is 2.35. The van der Waals surface area contributed by atoms with Crippen molar-refractivity contribution in [2.45, 2.75) is 41.5 Å². The summed E-state index contributed by atoms with van der Waals surface area (Å²) in [4.78, 5) is 60.2. The van der Waals surface area contributed by atoms with E-state index in [1.807, 2.05) is 27.7 Å². The maximum atomic E-state index is 13.1. The summed E-state index contributed by atoms with van der Waals surface area (Å²) < 4.78 is 0. The first kappa shape index (κ1) is 31.9. The third kappa shape index (κ3) is 6.33. The van der Waals surface area contributed by atoms with Crippen LogP contribution >= 0.6 is 22.7 Å². The molecule has 42 heavy (non-hydrogen) atoms. The SMILES string of the molecule is CCN(CC)C(=O)c1sc(NC(=O)c2cccc(C(=O)Nc3sc(C(=O)N(CC)CC)c(C)c3C#N)n2)c(C#N)c1C. The molecular formula is C29H31N7O4S2. The number of hydrogen-bond donors (Lipinski definition) is 2. The number of aromatic nitrogens is 1. The van der Waals surface area contributed by atoms with E-state index in [2.05, 4.69) is 27.8 Å². The van der Waals surface area contributed by atoms with E-state index in [-0.39, 0.29) is 44.3 Å². The van der Waals surface area contributed by atoms with Crippen molar-refractivity contribution in [1.29, 1.82) is 10.5 Å². The second kappa shape index (κ2) is 13.9. The largest absolute Gasteiger partial charge is 0.338 e. The molecule has 13 heteroatoms. The van der Waals surface area contributed by atoms with Crippen molar-refractivity contribution in [3.05, 3.63) is 61.6 Å². The van der Waals surface area contributed by atoms with Gasteiger partial charge in [-0.3, -0.25) is 19.2 Å². The molecule has 3 heterocycles. The van der Waals surface area contributed by atoms with Crippen LogP contribution in [0.4, 0.5) is 10.0 Å². The number of amides is 4. The van der Waals surface area contributed by atoms with Crippen LogP contribution in [0.1, 0.15) is 90.3 Å². The second-order valence-electron chi connectivity index (χ2n) is 9.02. The summed E-state index contributed by atoms with van der Waals surface area (Å²) in [6.45, 7) is 12.8. The van der Waals surface area contributed by atoms with E-state index in [4.69, 9.17) is 0 Å². The summed E-state index contributed by atoms with van der Waals surface area (Å²) in [5, 5.41) is 25.2. The first-order valence-corrected chi connectivity index (χ1v) is 14.9. The molecule has 0 aromatic carbocycles. The third-order valence-electron chi connectivity index (χ3n) is 6.68. The predicted molar refractivity (Wildman–Crippen MR) is 162 cm³/mol. The zero-order valence-corrected chi connectivity index (χ0v) is 25.9.